The second-order valence-electron chi connectivity index (χ2n) is 5.05. The second-order valence-corrected chi connectivity index (χ2v) is 7.05. The molecule has 4 heteroatoms. The highest BCUT2D eigenvalue weighted by molar-refractivity contribution is 9.10. The number of aromatic nitrogens is 1. The predicted octanol–water partition coefficient (Wildman–Crippen LogP) is 4.63. The Balaban J connectivity index is 2.10. The lowest BCUT2D eigenvalue weighted by molar-refractivity contribution is 0.551. The zero-order valence-electron chi connectivity index (χ0n) is 11.5. The lowest BCUT2D eigenvalue weighted by atomic mass is 10.2. The van der Waals surface area contributed by atoms with Gasteiger partial charge in [0.05, 0.1) is 10.6 Å². The van der Waals surface area contributed by atoms with Crippen LogP contribution in [-0.4, -0.2) is 11.5 Å². The number of aryl methyl sites for hydroxylation is 1. The summed E-state index contributed by atoms with van der Waals surface area (Å²) in [6.07, 6.45) is 0. The van der Waals surface area contributed by atoms with Crippen LogP contribution in [0.1, 0.15) is 24.5 Å². The molecule has 1 aromatic heterocycles. The number of thiazole rings is 1. The SMILES string of the molecule is Cc1nc(CNCC(C)C)sc1-c1ccc(Br)cc1. The third-order valence-electron chi connectivity index (χ3n) is 2.78. The summed E-state index contributed by atoms with van der Waals surface area (Å²) < 4.78 is 1.11. The van der Waals surface area contributed by atoms with Gasteiger partial charge in [-0.15, -0.1) is 11.3 Å². The van der Waals surface area contributed by atoms with E-state index in [1.807, 2.05) is 0 Å². The Morgan fingerprint density at radius 2 is 1.95 bits per heavy atom. The minimum atomic E-state index is 0.673. The van der Waals surface area contributed by atoms with E-state index in [0.29, 0.717) is 5.92 Å². The first kappa shape index (κ1) is 14.7. The van der Waals surface area contributed by atoms with Gasteiger partial charge in [-0.25, -0.2) is 4.98 Å². The number of benzene rings is 1. The van der Waals surface area contributed by atoms with E-state index in [0.717, 1.165) is 28.3 Å². The molecule has 0 aliphatic heterocycles. The van der Waals surface area contributed by atoms with Crippen LogP contribution in [0.5, 0.6) is 0 Å². The van der Waals surface area contributed by atoms with Crippen LogP contribution in [0.3, 0.4) is 0 Å². The third-order valence-corrected chi connectivity index (χ3v) is 4.51. The average Bonchev–Trinajstić information content (AvgIpc) is 2.71. The van der Waals surface area contributed by atoms with Crippen molar-refractivity contribution >= 4 is 27.3 Å². The normalized spacial score (nSPS) is 11.2. The van der Waals surface area contributed by atoms with Gasteiger partial charge in [-0.2, -0.15) is 0 Å². The highest BCUT2D eigenvalue weighted by Gasteiger charge is 2.09. The standard InChI is InChI=1S/C15H19BrN2S/c1-10(2)8-17-9-14-18-11(3)15(19-14)12-4-6-13(16)7-5-12/h4-7,10,17H,8-9H2,1-3H3. The molecule has 0 aliphatic rings. The lowest BCUT2D eigenvalue weighted by Gasteiger charge is -2.04. The molecule has 2 rings (SSSR count). The molecule has 2 aromatic rings. The van der Waals surface area contributed by atoms with Gasteiger partial charge in [0, 0.05) is 11.0 Å². The molecular weight excluding hydrogens is 320 g/mol. The van der Waals surface area contributed by atoms with E-state index in [2.05, 4.69) is 71.3 Å². The molecule has 0 saturated heterocycles. The number of hydrogen-bond donors (Lipinski definition) is 1. The Labute approximate surface area is 127 Å². The summed E-state index contributed by atoms with van der Waals surface area (Å²) in [4.78, 5) is 5.92. The molecule has 2 nitrogen and oxygen atoms in total. The van der Waals surface area contributed by atoms with Gasteiger partial charge in [-0.1, -0.05) is 41.9 Å². The Kier molecular flexibility index (Phi) is 5.13. The number of nitrogens with one attached hydrogen (secondary N) is 1. The van der Waals surface area contributed by atoms with E-state index in [9.17, 15) is 0 Å². The number of rotatable bonds is 5. The van der Waals surface area contributed by atoms with Crippen molar-refractivity contribution in [2.45, 2.75) is 27.3 Å². The molecule has 0 fully saturated rings. The van der Waals surface area contributed by atoms with Crippen molar-refractivity contribution in [1.29, 1.82) is 0 Å². The van der Waals surface area contributed by atoms with Gasteiger partial charge in [-0.05, 0) is 37.1 Å². The van der Waals surface area contributed by atoms with Gasteiger partial charge in [0.25, 0.3) is 0 Å². The van der Waals surface area contributed by atoms with Gasteiger partial charge in [-0.3, -0.25) is 0 Å². The van der Waals surface area contributed by atoms with E-state index in [4.69, 9.17) is 0 Å². The summed E-state index contributed by atoms with van der Waals surface area (Å²) >= 11 is 5.25. The molecule has 102 valence electrons. The van der Waals surface area contributed by atoms with Crippen molar-refractivity contribution in [3.8, 4) is 10.4 Å². The average molecular weight is 339 g/mol. The second kappa shape index (κ2) is 6.64. The van der Waals surface area contributed by atoms with E-state index in [-0.39, 0.29) is 0 Å². The fraction of sp³-hybridized carbons (Fsp3) is 0.400. The zero-order chi connectivity index (χ0) is 13.8. The highest BCUT2D eigenvalue weighted by Crippen LogP contribution is 2.30. The van der Waals surface area contributed by atoms with Crippen LogP contribution in [0.4, 0.5) is 0 Å². The van der Waals surface area contributed by atoms with Gasteiger partial charge >= 0.3 is 0 Å². The quantitative estimate of drug-likeness (QED) is 0.859. The summed E-state index contributed by atoms with van der Waals surface area (Å²) in [5, 5.41) is 4.61. The maximum absolute atomic E-state index is 4.65. The molecular formula is C15H19BrN2S. The van der Waals surface area contributed by atoms with Gasteiger partial charge in [0.15, 0.2) is 0 Å². The first-order valence-corrected chi connectivity index (χ1v) is 8.10. The maximum atomic E-state index is 4.65. The van der Waals surface area contributed by atoms with Crippen molar-refractivity contribution in [3.05, 3.63) is 39.4 Å². The molecule has 0 unspecified atom stereocenters. The molecule has 0 aliphatic carbocycles. The summed E-state index contributed by atoms with van der Waals surface area (Å²) in [6.45, 7) is 8.41. The van der Waals surface area contributed by atoms with E-state index in [1.54, 1.807) is 11.3 Å². The van der Waals surface area contributed by atoms with Crippen LogP contribution in [-0.2, 0) is 6.54 Å². The minimum absolute atomic E-state index is 0.673. The molecule has 0 radical (unpaired) electrons. The topological polar surface area (TPSA) is 24.9 Å². The zero-order valence-corrected chi connectivity index (χ0v) is 13.9. The van der Waals surface area contributed by atoms with Crippen molar-refractivity contribution in [2.24, 2.45) is 5.92 Å². The molecule has 1 heterocycles. The van der Waals surface area contributed by atoms with Crippen LogP contribution in [0, 0.1) is 12.8 Å². The van der Waals surface area contributed by atoms with Gasteiger partial charge < -0.3 is 5.32 Å². The molecule has 1 aromatic carbocycles. The van der Waals surface area contributed by atoms with Gasteiger partial charge in [0.2, 0.25) is 0 Å². The molecule has 0 bridgehead atoms. The van der Waals surface area contributed by atoms with Crippen LogP contribution in [0.15, 0.2) is 28.7 Å². The van der Waals surface area contributed by atoms with E-state index >= 15 is 0 Å². The van der Waals surface area contributed by atoms with Crippen LogP contribution < -0.4 is 5.32 Å². The summed E-state index contributed by atoms with van der Waals surface area (Å²) in [6, 6.07) is 8.42. The highest BCUT2D eigenvalue weighted by atomic mass is 79.9. The lowest BCUT2D eigenvalue weighted by Crippen LogP contribution is -2.18. The van der Waals surface area contributed by atoms with Crippen LogP contribution >= 0.6 is 27.3 Å². The van der Waals surface area contributed by atoms with E-state index < -0.39 is 0 Å². The fourth-order valence-corrected chi connectivity index (χ4v) is 3.17. The van der Waals surface area contributed by atoms with Gasteiger partial charge in [0.1, 0.15) is 5.01 Å². The monoisotopic (exact) mass is 338 g/mol. The molecule has 0 spiro atoms. The van der Waals surface area contributed by atoms with Crippen LogP contribution in [0.25, 0.3) is 10.4 Å². The molecule has 19 heavy (non-hydrogen) atoms. The van der Waals surface area contributed by atoms with Crippen molar-refractivity contribution in [1.82, 2.24) is 10.3 Å². The summed E-state index contributed by atoms with van der Waals surface area (Å²) in [5.74, 6) is 0.673. The number of hydrogen-bond acceptors (Lipinski definition) is 3. The Bertz CT molecular complexity index is 532. The number of halogens is 1. The van der Waals surface area contributed by atoms with Crippen molar-refractivity contribution in [3.63, 3.8) is 0 Å². The van der Waals surface area contributed by atoms with Crippen molar-refractivity contribution in [2.75, 3.05) is 6.54 Å². The first-order valence-electron chi connectivity index (χ1n) is 6.49. The maximum Gasteiger partial charge on any atom is 0.107 e. The molecule has 0 amide bonds. The largest absolute Gasteiger partial charge is 0.310 e. The van der Waals surface area contributed by atoms with E-state index in [1.165, 1.54) is 10.4 Å². The predicted molar refractivity (Wildman–Crippen MR) is 86.5 cm³/mol. The van der Waals surface area contributed by atoms with Crippen LogP contribution in [0.2, 0.25) is 0 Å². The number of nitrogens with zero attached hydrogens (tertiary/aromatic N) is 1. The smallest absolute Gasteiger partial charge is 0.107 e. The Morgan fingerprint density at radius 3 is 2.58 bits per heavy atom. The van der Waals surface area contributed by atoms with Crippen molar-refractivity contribution < 1.29 is 0 Å². The minimum Gasteiger partial charge on any atom is -0.310 e. The Morgan fingerprint density at radius 1 is 1.26 bits per heavy atom. The summed E-state index contributed by atoms with van der Waals surface area (Å²) in [5.41, 5.74) is 2.36. The molecule has 0 saturated carbocycles. The third kappa shape index (κ3) is 4.13. The molecule has 1 N–H and O–H groups in total. The first-order chi connectivity index (χ1) is 9.06. The fourth-order valence-electron chi connectivity index (χ4n) is 1.86. The Hall–Kier alpha value is -0.710. The molecule has 0 atom stereocenters. The summed E-state index contributed by atoms with van der Waals surface area (Å²) in [7, 11) is 0.